The molecule has 0 bridgehead atoms. The first-order chi connectivity index (χ1) is 9.99. The molecule has 2 rings (SSSR count). The molecule has 2 atom stereocenters. The Hall–Kier alpha value is -2.38. The molecule has 114 valence electrons. The predicted octanol–water partition coefficient (Wildman–Crippen LogP) is 1.69. The highest BCUT2D eigenvalue weighted by Gasteiger charge is 2.31. The van der Waals surface area contributed by atoms with Crippen LogP contribution in [0, 0.1) is 16.0 Å². The molecule has 21 heavy (non-hydrogen) atoms. The van der Waals surface area contributed by atoms with Crippen LogP contribution < -0.4 is 5.32 Å². The van der Waals surface area contributed by atoms with Crippen molar-refractivity contribution in [1.82, 2.24) is 10.3 Å². The average Bonchev–Trinajstić information content (AvgIpc) is 2.81. The van der Waals surface area contributed by atoms with Crippen LogP contribution in [-0.4, -0.2) is 32.9 Å². The summed E-state index contributed by atoms with van der Waals surface area (Å²) in [6.45, 7) is 0. The number of carbonyl (C=O) groups is 2. The molecule has 8 nitrogen and oxygen atoms in total. The van der Waals surface area contributed by atoms with Gasteiger partial charge in [0.05, 0.1) is 17.0 Å². The highest BCUT2D eigenvalue weighted by atomic mass is 16.6. The van der Waals surface area contributed by atoms with E-state index in [-0.39, 0.29) is 11.4 Å². The molecule has 2 unspecified atom stereocenters. The van der Waals surface area contributed by atoms with Gasteiger partial charge in [0.2, 0.25) is 0 Å². The number of nitrogens with zero attached hydrogens (tertiary/aromatic N) is 1. The fraction of sp³-hybridized carbons (Fsp3) is 0.538. The van der Waals surface area contributed by atoms with Gasteiger partial charge in [-0.05, 0) is 12.8 Å². The molecule has 1 aliphatic carbocycles. The van der Waals surface area contributed by atoms with Crippen molar-refractivity contribution in [3.05, 3.63) is 28.1 Å². The third-order valence-corrected chi connectivity index (χ3v) is 3.77. The Bertz CT molecular complexity index is 554. The number of amides is 1. The summed E-state index contributed by atoms with van der Waals surface area (Å²) in [6, 6.07) is 0.696. The standard InChI is InChI=1S/C13H17N3O5/c17-12(11-6-8(7-14-11)16(20)21)15-10-5-3-1-2-4-9(10)13(18)19/h6-7,9-10,14H,1-5H2,(H,15,17)(H,18,19). The van der Waals surface area contributed by atoms with Crippen molar-refractivity contribution in [2.75, 3.05) is 0 Å². The lowest BCUT2D eigenvalue weighted by Gasteiger charge is -2.22. The van der Waals surface area contributed by atoms with Gasteiger partial charge in [0, 0.05) is 12.1 Å². The Morgan fingerprint density at radius 2 is 2.05 bits per heavy atom. The van der Waals surface area contributed by atoms with Crippen molar-refractivity contribution < 1.29 is 19.6 Å². The molecule has 1 fully saturated rings. The fourth-order valence-corrected chi connectivity index (χ4v) is 2.64. The summed E-state index contributed by atoms with van der Waals surface area (Å²) in [7, 11) is 0. The van der Waals surface area contributed by atoms with Crippen LogP contribution in [0.25, 0.3) is 0 Å². The van der Waals surface area contributed by atoms with Crippen LogP contribution >= 0.6 is 0 Å². The van der Waals surface area contributed by atoms with Crippen molar-refractivity contribution in [2.45, 2.75) is 38.1 Å². The summed E-state index contributed by atoms with van der Waals surface area (Å²) in [5.41, 5.74) is -0.133. The van der Waals surface area contributed by atoms with Gasteiger partial charge in [-0.2, -0.15) is 0 Å². The van der Waals surface area contributed by atoms with Crippen molar-refractivity contribution in [1.29, 1.82) is 0 Å². The molecule has 0 spiro atoms. The lowest BCUT2D eigenvalue weighted by atomic mass is 9.95. The van der Waals surface area contributed by atoms with Gasteiger partial charge in [-0.3, -0.25) is 19.7 Å². The van der Waals surface area contributed by atoms with Gasteiger partial charge in [-0.25, -0.2) is 0 Å². The van der Waals surface area contributed by atoms with Crippen molar-refractivity contribution >= 4 is 17.6 Å². The van der Waals surface area contributed by atoms with Crippen molar-refractivity contribution in [3.63, 3.8) is 0 Å². The highest BCUT2D eigenvalue weighted by Crippen LogP contribution is 2.24. The van der Waals surface area contributed by atoms with E-state index in [1.54, 1.807) is 0 Å². The molecule has 0 aromatic carbocycles. The zero-order valence-corrected chi connectivity index (χ0v) is 11.4. The minimum Gasteiger partial charge on any atom is -0.481 e. The Morgan fingerprint density at radius 3 is 2.67 bits per heavy atom. The molecular formula is C13H17N3O5. The number of carboxylic acids is 1. The normalized spacial score (nSPS) is 22.3. The number of aromatic amines is 1. The van der Waals surface area contributed by atoms with Gasteiger partial charge in [0.15, 0.2) is 0 Å². The van der Waals surface area contributed by atoms with E-state index in [2.05, 4.69) is 10.3 Å². The molecule has 1 heterocycles. The van der Waals surface area contributed by atoms with E-state index in [0.717, 1.165) is 31.5 Å². The van der Waals surface area contributed by atoms with Crippen LogP contribution in [0.15, 0.2) is 12.3 Å². The summed E-state index contributed by atoms with van der Waals surface area (Å²) in [5.74, 6) is -2.04. The second kappa shape index (κ2) is 6.38. The molecule has 1 aromatic heterocycles. The predicted molar refractivity (Wildman–Crippen MR) is 72.9 cm³/mol. The van der Waals surface area contributed by atoms with Crippen molar-refractivity contribution in [2.24, 2.45) is 5.92 Å². The largest absolute Gasteiger partial charge is 0.481 e. The van der Waals surface area contributed by atoms with Crippen LogP contribution in [0.5, 0.6) is 0 Å². The Kier molecular flexibility index (Phi) is 4.56. The molecule has 1 saturated carbocycles. The maximum Gasteiger partial charge on any atom is 0.308 e. The summed E-state index contributed by atoms with van der Waals surface area (Å²) < 4.78 is 0. The third kappa shape index (κ3) is 3.59. The number of carboxylic acid groups (broad SMARTS) is 1. The topological polar surface area (TPSA) is 125 Å². The van der Waals surface area contributed by atoms with E-state index >= 15 is 0 Å². The van der Waals surface area contributed by atoms with Crippen LogP contribution in [0.4, 0.5) is 5.69 Å². The first-order valence-electron chi connectivity index (χ1n) is 6.85. The third-order valence-electron chi connectivity index (χ3n) is 3.77. The summed E-state index contributed by atoms with van der Waals surface area (Å²) in [5, 5.41) is 22.5. The molecule has 8 heteroatoms. The lowest BCUT2D eigenvalue weighted by Crippen LogP contribution is -2.42. The molecule has 1 aliphatic rings. The monoisotopic (exact) mass is 295 g/mol. The minimum atomic E-state index is -0.917. The van der Waals surface area contributed by atoms with Gasteiger partial charge in [0.25, 0.3) is 11.6 Å². The maximum absolute atomic E-state index is 12.1. The van der Waals surface area contributed by atoms with Gasteiger partial charge in [-0.1, -0.05) is 19.3 Å². The van der Waals surface area contributed by atoms with E-state index in [1.807, 2.05) is 0 Å². The molecule has 1 amide bonds. The second-order valence-electron chi connectivity index (χ2n) is 5.19. The van der Waals surface area contributed by atoms with Crippen LogP contribution in [0.3, 0.4) is 0 Å². The number of nitrogens with one attached hydrogen (secondary N) is 2. The number of H-pyrrole nitrogens is 1. The van der Waals surface area contributed by atoms with E-state index in [9.17, 15) is 24.8 Å². The number of aliphatic carboxylic acids is 1. The lowest BCUT2D eigenvalue weighted by molar-refractivity contribution is -0.384. The van der Waals surface area contributed by atoms with Gasteiger partial charge < -0.3 is 15.4 Å². The molecular weight excluding hydrogens is 278 g/mol. The van der Waals surface area contributed by atoms with E-state index < -0.39 is 28.8 Å². The molecule has 0 radical (unpaired) electrons. The zero-order chi connectivity index (χ0) is 15.4. The number of carbonyl (C=O) groups excluding carboxylic acids is 1. The number of rotatable bonds is 4. The van der Waals surface area contributed by atoms with Crippen LogP contribution in [0.1, 0.15) is 42.6 Å². The van der Waals surface area contributed by atoms with E-state index in [4.69, 9.17) is 0 Å². The Morgan fingerprint density at radius 1 is 1.33 bits per heavy atom. The van der Waals surface area contributed by atoms with E-state index in [1.165, 1.54) is 0 Å². The first-order valence-corrected chi connectivity index (χ1v) is 6.85. The molecule has 1 aromatic rings. The van der Waals surface area contributed by atoms with Gasteiger partial charge in [-0.15, -0.1) is 0 Å². The number of nitro groups is 1. The highest BCUT2D eigenvalue weighted by molar-refractivity contribution is 5.93. The summed E-state index contributed by atoms with van der Waals surface area (Å²) >= 11 is 0. The Balaban J connectivity index is 2.08. The number of aromatic nitrogens is 1. The van der Waals surface area contributed by atoms with Gasteiger partial charge in [0.1, 0.15) is 5.69 Å². The Labute approximate surface area is 120 Å². The van der Waals surface area contributed by atoms with E-state index in [0.29, 0.717) is 12.8 Å². The maximum atomic E-state index is 12.1. The fourth-order valence-electron chi connectivity index (χ4n) is 2.64. The molecule has 3 N–H and O–H groups in total. The smallest absolute Gasteiger partial charge is 0.308 e. The second-order valence-corrected chi connectivity index (χ2v) is 5.19. The average molecular weight is 295 g/mol. The number of hydrogen-bond donors (Lipinski definition) is 3. The van der Waals surface area contributed by atoms with Crippen LogP contribution in [-0.2, 0) is 4.79 Å². The molecule has 0 saturated heterocycles. The summed E-state index contributed by atoms with van der Waals surface area (Å²) in [4.78, 5) is 35.9. The SMILES string of the molecule is O=C(NC1CCCCCC1C(=O)O)c1cc([N+](=O)[O-])c[nH]1. The number of hydrogen-bond acceptors (Lipinski definition) is 4. The van der Waals surface area contributed by atoms with Gasteiger partial charge >= 0.3 is 5.97 Å². The van der Waals surface area contributed by atoms with Crippen molar-refractivity contribution in [3.8, 4) is 0 Å². The summed E-state index contributed by atoms with van der Waals surface area (Å²) in [6.07, 6.45) is 4.91. The molecule has 0 aliphatic heterocycles. The quantitative estimate of drug-likeness (QED) is 0.442. The first kappa shape index (κ1) is 15.0. The zero-order valence-electron chi connectivity index (χ0n) is 11.4. The minimum absolute atomic E-state index is 0.0649. The van der Waals surface area contributed by atoms with Crippen LogP contribution in [0.2, 0.25) is 0 Å².